The predicted octanol–water partition coefficient (Wildman–Crippen LogP) is 6.55. The van der Waals surface area contributed by atoms with E-state index in [1.165, 1.54) is 38.5 Å². The zero-order chi connectivity index (χ0) is 38.3. The summed E-state index contributed by atoms with van der Waals surface area (Å²) in [5.41, 5.74) is 1.82. The Morgan fingerprint density at radius 3 is 1.96 bits per heavy atom. The molecular weight excluding hydrogens is 738 g/mol. The molecule has 10 nitrogen and oxygen atoms in total. The number of imide groups is 2. The molecule has 0 spiro atoms. The SMILES string of the molecule is COc1cc(O)cc(OC)c1C1C2=CCC3C(=O)N(c4ccc(C(=O)c5ccccc5)cc4)C(=O)C3C2CC2(Cl)C(=O)N(c3ccc(F)cc3)C(=O)C12Cl. The number of allylic oxidation sites excluding steroid dienone is 2. The second-order valence-electron chi connectivity index (χ2n) is 13.8. The number of aromatic hydroxyl groups is 1. The third-order valence-corrected chi connectivity index (χ3v) is 12.6. The molecule has 8 rings (SSSR count). The van der Waals surface area contributed by atoms with Gasteiger partial charge in [0.25, 0.3) is 11.8 Å². The van der Waals surface area contributed by atoms with Crippen LogP contribution in [-0.2, 0) is 19.2 Å². The molecule has 0 aromatic heterocycles. The Kier molecular flexibility index (Phi) is 8.42. The number of halogens is 3. The van der Waals surface area contributed by atoms with Crippen molar-refractivity contribution in [2.45, 2.75) is 28.5 Å². The van der Waals surface area contributed by atoms with Crippen molar-refractivity contribution in [3.8, 4) is 17.2 Å². The fraction of sp³-hybridized carbons (Fsp3) is 0.244. The van der Waals surface area contributed by atoms with Gasteiger partial charge < -0.3 is 14.6 Å². The molecule has 4 aromatic rings. The molecule has 4 aliphatic rings. The van der Waals surface area contributed by atoms with Gasteiger partial charge in [0.05, 0.1) is 37.4 Å². The summed E-state index contributed by atoms with van der Waals surface area (Å²) in [7, 11) is 2.70. The molecule has 4 amide bonds. The Morgan fingerprint density at radius 1 is 0.778 bits per heavy atom. The van der Waals surface area contributed by atoms with E-state index in [1.807, 2.05) is 0 Å². The van der Waals surface area contributed by atoms with Gasteiger partial charge in [0, 0.05) is 34.7 Å². The molecule has 0 radical (unpaired) electrons. The van der Waals surface area contributed by atoms with E-state index in [2.05, 4.69) is 0 Å². The number of benzene rings is 4. The number of phenols is 1. The lowest BCUT2D eigenvalue weighted by molar-refractivity contribution is -0.125. The molecule has 2 heterocycles. The maximum absolute atomic E-state index is 14.7. The molecule has 2 saturated heterocycles. The molecular formula is C41H31Cl2FN2O8. The summed E-state index contributed by atoms with van der Waals surface area (Å²) in [5, 5.41) is 10.6. The molecule has 2 aliphatic heterocycles. The Balaban J connectivity index is 1.24. The third kappa shape index (κ3) is 4.94. The number of anilines is 2. The molecule has 4 aromatic carbocycles. The van der Waals surface area contributed by atoms with Crippen LogP contribution in [0.5, 0.6) is 17.2 Å². The van der Waals surface area contributed by atoms with Gasteiger partial charge in [0.1, 0.15) is 23.1 Å². The average Bonchev–Trinajstić information content (AvgIpc) is 3.52. The van der Waals surface area contributed by atoms with Crippen molar-refractivity contribution in [2.75, 3.05) is 24.0 Å². The molecule has 274 valence electrons. The number of amides is 4. The van der Waals surface area contributed by atoms with E-state index in [4.69, 9.17) is 32.7 Å². The molecule has 54 heavy (non-hydrogen) atoms. The van der Waals surface area contributed by atoms with Gasteiger partial charge >= 0.3 is 0 Å². The normalized spacial score (nSPS) is 27.3. The topological polar surface area (TPSA) is 131 Å². The Bertz CT molecular complexity index is 2270. The number of nitrogens with zero attached hydrogens (tertiary/aromatic N) is 2. The van der Waals surface area contributed by atoms with Crippen molar-refractivity contribution in [1.29, 1.82) is 0 Å². The van der Waals surface area contributed by atoms with Gasteiger partial charge in [0.15, 0.2) is 15.5 Å². The minimum atomic E-state index is -2.25. The minimum absolute atomic E-state index is 0.0338. The van der Waals surface area contributed by atoms with Crippen LogP contribution < -0.4 is 19.3 Å². The van der Waals surface area contributed by atoms with Crippen LogP contribution in [0, 0.1) is 23.6 Å². The summed E-state index contributed by atoms with van der Waals surface area (Å²) in [5.74, 6) is -7.69. The first kappa shape index (κ1) is 35.5. The van der Waals surface area contributed by atoms with E-state index < -0.39 is 62.9 Å². The zero-order valence-electron chi connectivity index (χ0n) is 28.8. The van der Waals surface area contributed by atoms with E-state index in [9.17, 15) is 33.5 Å². The monoisotopic (exact) mass is 768 g/mol. The second kappa shape index (κ2) is 12.8. The molecule has 13 heteroatoms. The first-order valence-corrected chi connectivity index (χ1v) is 17.9. The number of methoxy groups -OCH3 is 2. The maximum atomic E-state index is 14.7. The molecule has 6 atom stereocenters. The number of hydrogen-bond acceptors (Lipinski definition) is 8. The van der Waals surface area contributed by atoms with E-state index in [0.717, 1.165) is 21.9 Å². The molecule has 6 unspecified atom stereocenters. The summed E-state index contributed by atoms with van der Waals surface area (Å²) < 4.78 is 25.4. The van der Waals surface area contributed by atoms with Crippen molar-refractivity contribution in [3.05, 3.63) is 125 Å². The van der Waals surface area contributed by atoms with Gasteiger partial charge in [0.2, 0.25) is 11.8 Å². The fourth-order valence-electron chi connectivity index (χ4n) is 8.70. The lowest BCUT2D eigenvalue weighted by Gasteiger charge is -2.51. The number of carbonyl (C=O) groups excluding carboxylic acids is 5. The number of ketones is 1. The van der Waals surface area contributed by atoms with Crippen LogP contribution >= 0.6 is 23.2 Å². The van der Waals surface area contributed by atoms with Crippen LogP contribution in [0.1, 0.15) is 40.2 Å². The van der Waals surface area contributed by atoms with Gasteiger partial charge in [-0.15, -0.1) is 23.2 Å². The van der Waals surface area contributed by atoms with Crippen LogP contribution in [0.15, 0.2) is 103 Å². The smallest absolute Gasteiger partial charge is 0.258 e. The highest BCUT2D eigenvalue weighted by molar-refractivity contribution is 6.58. The molecule has 1 saturated carbocycles. The number of hydrogen-bond donors (Lipinski definition) is 1. The predicted molar refractivity (Wildman–Crippen MR) is 197 cm³/mol. The van der Waals surface area contributed by atoms with E-state index >= 15 is 0 Å². The van der Waals surface area contributed by atoms with Gasteiger partial charge in [-0.3, -0.25) is 28.9 Å². The number of alkyl halides is 2. The molecule has 0 bridgehead atoms. The van der Waals surface area contributed by atoms with E-state index in [1.54, 1.807) is 60.7 Å². The summed E-state index contributed by atoms with van der Waals surface area (Å²) in [6.07, 6.45) is 1.55. The minimum Gasteiger partial charge on any atom is -0.508 e. The number of rotatable bonds is 7. The van der Waals surface area contributed by atoms with E-state index in [0.29, 0.717) is 16.7 Å². The first-order chi connectivity index (χ1) is 25.8. The van der Waals surface area contributed by atoms with Crippen molar-refractivity contribution in [2.24, 2.45) is 17.8 Å². The van der Waals surface area contributed by atoms with Crippen molar-refractivity contribution in [3.63, 3.8) is 0 Å². The second-order valence-corrected chi connectivity index (χ2v) is 15.0. The standard InChI is InChI=1S/C41H31Cl2FN2O8/c1-53-30-18-26(47)19-31(54-2)33(30)34-27-16-17-28-32(29(27)20-40(42)38(51)46(39(52)41(34,40)43)25-14-10-23(44)11-15-25)37(50)45(36(28)49)24-12-8-22(9-13-24)35(48)21-6-4-3-5-7-21/h3-16,18-19,28-29,32,34,47H,17,20H2,1-2H3. The highest BCUT2D eigenvalue weighted by atomic mass is 35.5. The summed E-state index contributed by atoms with van der Waals surface area (Å²) in [6.45, 7) is 0. The molecule has 1 N–H and O–H groups in total. The van der Waals surface area contributed by atoms with Crippen LogP contribution in [0.2, 0.25) is 0 Å². The summed E-state index contributed by atoms with van der Waals surface area (Å²) in [4.78, 5) is 68.5. The van der Waals surface area contributed by atoms with Crippen molar-refractivity contribution < 1.29 is 42.9 Å². The Labute approximate surface area is 318 Å². The fourth-order valence-corrected chi connectivity index (χ4v) is 9.62. The highest BCUT2D eigenvalue weighted by Crippen LogP contribution is 2.67. The summed E-state index contributed by atoms with van der Waals surface area (Å²) >= 11 is 15.0. The van der Waals surface area contributed by atoms with Crippen LogP contribution in [0.25, 0.3) is 0 Å². The highest BCUT2D eigenvalue weighted by Gasteiger charge is 2.77. The van der Waals surface area contributed by atoms with Gasteiger partial charge in [-0.1, -0.05) is 42.0 Å². The van der Waals surface area contributed by atoms with E-state index in [-0.39, 0.29) is 52.8 Å². The lowest BCUT2D eigenvalue weighted by Crippen LogP contribution is -2.60. The summed E-state index contributed by atoms with van der Waals surface area (Å²) in [6, 6.07) is 22.2. The number of phenolic OH excluding ortho intramolecular Hbond substituents is 1. The number of ether oxygens (including phenoxy) is 2. The van der Waals surface area contributed by atoms with Crippen LogP contribution in [-0.4, -0.2) is 58.5 Å². The zero-order valence-corrected chi connectivity index (χ0v) is 30.3. The van der Waals surface area contributed by atoms with Gasteiger partial charge in [-0.2, -0.15) is 0 Å². The largest absolute Gasteiger partial charge is 0.508 e. The first-order valence-electron chi connectivity index (χ1n) is 17.1. The average molecular weight is 770 g/mol. The van der Waals surface area contributed by atoms with Crippen molar-refractivity contribution in [1.82, 2.24) is 0 Å². The lowest BCUT2D eigenvalue weighted by atomic mass is 9.56. The van der Waals surface area contributed by atoms with Crippen molar-refractivity contribution >= 4 is 64.0 Å². The number of carbonyl (C=O) groups is 5. The number of fused-ring (bicyclic) bond motifs is 4. The van der Waals surface area contributed by atoms with Crippen LogP contribution in [0.3, 0.4) is 0 Å². The molecule has 2 aliphatic carbocycles. The maximum Gasteiger partial charge on any atom is 0.258 e. The Morgan fingerprint density at radius 2 is 1.35 bits per heavy atom. The van der Waals surface area contributed by atoms with Gasteiger partial charge in [-0.25, -0.2) is 9.29 Å². The third-order valence-electron chi connectivity index (χ3n) is 11.1. The van der Waals surface area contributed by atoms with Gasteiger partial charge in [-0.05, 0) is 67.3 Å². The Hall–Kier alpha value is -5.52. The van der Waals surface area contributed by atoms with Crippen LogP contribution in [0.4, 0.5) is 15.8 Å². The molecule has 3 fully saturated rings. The quantitative estimate of drug-likeness (QED) is 0.0971.